The Hall–Kier alpha value is 0.230. The fraction of sp³-hybridized carbons (Fsp3) is 1.00. The second-order valence-corrected chi connectivity index (χ2v) is 4.19. The summed E-state index contributed by atoms with van der Waals surface area (Å²) in [6.45, 7) is 5.36. The highest BCUT2D eigenvalue weighted by atomic mass is 32.2. The Labute approximate surface area is 78.1 Å². The van der Waals surface area contributed by atoms with E-state index in [9.17, 15) is 4.55 Å². The van der Waals surface area contributed by atoms with Gasteiger partial charge in [-0.15, -0.1) is 0 Å². The third-order valence-electron chi connectivity index (χ3n) is 1.34. The van der Waals surface area contributed by atoms with Gasteiger partial charge in [-0.05, 0) is 6.42 Å². The molecule has 0 heterocycles. The molecule has 0 bridgehead atoms. The van der Waals surface area contributed by atoms with E-state index >= 15 is 0 Å². The average Bonchev–Trinajstić information content (AvgIpc) is 2.02. The first-order valence-corrected chi connectivity index (χ1v) is 6.08. The molecule has 0 aliphatic heterocycles. The predicted molar refractivity (Wildman–Crippen MR) is 52.9 cm³/mol. The number of nitrogens with one attached hydrogen (secondary N) is 1. The Morgan fingerprint density at radius 3 is 2.67 bits per heavy atom. The molecule has 0 fully saturated rings. The van der Waals surface area contributed by atoms with Gasteiger partial charge in [0.2, 0.25) is 0 Å². The Morgan fingerprint density at radius 1 is 1.33 bits per heavy atom. The van der Waals surface area contributed by atoms with Gasteiger partial charge in [-0.3, -0.25) is 0 Å². The van der Waals surface area contributed by atoms with Crippen molar-refractivity contribution in [2.45, 2.75) is 13.3 Å². The Bertz CT molecular complexity index is 91.1. The van der Waals surface area contributed by atoms with Gasteiger partial charge >= 0.3 is 0 Å². The van der Waals surface area contributed by atoms with Gasteiger partial charge in [0.15, 0.2) is 0 Å². The first-order chi connectivity index (χ1) is 5.77. The quantitative estimate of drug-likeness (QED) is 0.448. The lowest BCUT2D eigenvalue weighted by Crippen LogP contribution is -2.25. The lowest BCUT2D eigenvalue weighted by Gasteiger charge is -2.06. The minimum Gasteiger partial charge on any atom is -0.617 e. The summed E-state index contributed by atoms with van der Waals surface area (Å²) < 4.78 is 15.9. The molecule has 74 valence electrons. The molecule has 0 rings (SSSR count). The summed E-state index contributed by atoms with van der Waals surface area (Å²) in [6.07, 6.45) is 2.79. The third-order valence-corrected chi connectivity index (χ3v) is 2.12. The van der Waals surface area contributed by atoms with Crippen molar-refractivity contribution < 1.29 is 9.29 Å². The topological polar surface area (TPSA) is 44.3 Å². The molecule has 0 aromatic heterocycles. The smallest absolute Gasteiger partial charge is 0.117 e. The van der Waals surface area contributed by atoms with Crippen LogP contribution in [0.25, 0.3) is 0 Å². The van der Waals surface area contributed by atoms with Crippen LogP contribution in [0.2, 0.25) is 0 Å². The molecule has 1 atom stereocenters. The zero-order chi connectivity index (χ0) is 9.23. The van der Waals surface area contributed by atoms with Crippen molar-refractivity contribution in [1.29, 1.82) is 0 Å². The molecule has 0 aliphatic rings. The molecule has 0 aromatic carbocycles. The lowest BCUT2D eigenvalue weighted by molar-refractivity contribution is 0.137. The standard InChI is InChI=1S/C8H19NO2S/c1-3-6-11-7-4-9-5-8-12(2)10/h9H,3-8H2,1-2H3. The predicted octanol–water partition coefficient (Wildman–Crippen LogP) is 0.381. The van der Waals surface area contributed by atoms with E-state index in [1.807, 2.05) is 0 Å². The molecule has 0 saturated heterocycles. The summed E-state index contributed by atoms with van der Waals surface area (Å²) in [5.74, 6) is 0.730. The number of hydrogen-bond donors (Lipinski definition) is 1. The highest BCUT2D eigenvalue weighted by Gasteiger charge is 1.94. The van der Waals surface area contributed by atoms with Gasteiger partial charge in [-0.25, -0.2) is 0 Å². The van der Waals surface area contributed by atoms with Crippen LogP contribution >= 0.6 is 0 Å². The second-order valence-electron chi connectivity index (χ2n) is 2.64. The zero-order valence-electron chi connectivity index (χ0n) is 7.97. The monoisotopic (exact) mass is 193 g/mol. The van der Waals surface area contributed by atoms with Gasteiger partial charge in [-0.2, -0.15) is 0 Å². The fourth-order valence-corrected chi connectivity index (χ4v) is 1.16. The Balaban J connectivity index is 2.82. The van der Waals surface area contributed by atoms with Crippen LogP contribution < -0.4 is 5.32 Å². The summed E-state index contributed by atoms with van der Waals surface area (Å²) in [7, 11) is 0. The van der Waals surface area contributed by atoms with E-state index in [2.05, 4.69) is 12.2 Å². The summed E-state index contributed by atoms with van der Waals surface area (Å²) in [5, 5.41) is 3.16. The zero-order valence-corrected chi connectivity index (χ0v) is 8.78. The van der Waals surface area contributed by atoms with Gasteiger partial charge in [0.1, 0.15) is 5.75 Å². The third kappa shape index (κ3) is 10.2. The lowest BCUT2D eigenvalue weighted by atomic mass is 10.5. The largest absolute Gasteiger partial charge is 0.617 e. The minimum absolute atomic E-state index is 0.678. The maximum atomic E-state index is 10.6. The molecule has 0 aliphatic carbocycles. The van der Waals surface area contributed by atoms with E-state index in [0.29, 0.717) is 0 Å². The summed E-state index contributed by atoms with van der Waals surface area (Å²) in [5.41, 5.74) is 0. The van der Waals surface area contributed by atoms with Crippen molar-refractivity contribution >= 4 is 11.2 Å². The molecule has 3 nitrogen and oxygen atoms in total. The van der Waals surface area contributed by atoms with E-state index in [1.54, 1.807) is 6.26 Å². The summed E-state index contributed by atoms with van der Waals surface area (Å²) >= 11 is -0.678. The van der Waals surface area contributed by atoms with Crippen LogP contribution in [0, 0.1) is 0 Å². The number of hydrogen-bond acceptors (Lipinski definition) is 3. The molecule has 12 heavy (non-hydrogen) atoms. The van der Waals surface area contributed by atoms with Crippen LogP contribution in [0.3, 0.4) is 0 Å². The first-order valence-electron chi connectivity index (χ1n) is 4.36. The second kappa shape index (κ2) is 9.32. The molecule has 0 radical (unpaired) electrons. The SMILES string of the molecule is CCCOCCNCC[S+](C)[O-]. The molecule has 0 aromatic rings. The number of ether oxygens (including phenoxy) is 1. The van der Waals surface area contributed by atoms with Gasteiger partial charge in [0.05, 0.1) is 12.9 Å². The highest BCUT2D eigenvalue weighted by molar-refractivity contribution is 7.90. The van der Waals surface area contributed by atoms with Crippen LogP contribution in [0.1, 0.15) is 13.3 Å². The maximum absolute atomic E-state index is 10.6. The molecular weight excluding hydrogens is 174 g/mol. The van der Waals surface area contributed by atoms with E-state index in [0.717, 1.165) is 38.5 Å². The van der Waals surface area contributed by atoms with Crippen LogP contribution in [0.4, 0.5) is 0 Å². The first kappa shape index (κ1) is 12.2. The minimum atomic E-state index is -0.678. The van der Waals surface area contributed by atoms with Crippen LogP contribution in [-0.4, -0.2) is 42.9 Å². The van der Waals surface area contributed by atoms with Gasteiger partial charge in [0, 0.05) is 19.7 Å². The van der Waals surface area contributed by atoms with Gasteiger partial charge < -0.3 is 14.6 Å². The van der Waals surface area contributed by atoms with Gasteiger partial charge in [0.25, 0.3) is 0 Å². The van der Waals surface area contributed by atoms with Crippen molar-refractivity contribution in [2.75, 3.05) is 38.3 Å². The van der Waals surface area contributed by atoms with E-state index in [4.69, 9.17) is 4.74 Å². The van der Waals surface area contributed by atoms with Crippen molar-refractivity contribution in [3.8, 4) is 0 Å². The van der Waals surface area contributed by atoms with E-state index in [1.165, 1.54) is 0 Å². The van der Waals surface area contributed by atoms with Crippen molar-refractivity contribution in [2.24, 2.45) is 0 Å². The number of rotatable bonds is 8. The summed E-state index contributed by atoms with van der Waals surface area (Å²) in [6, 6.07) is 0. The normalized spacial score (nSPS) is 13.2. The maximum Gasteiger partial charge on any atom is 0.117 e. The van der Waals surface area contributed by atoms with Crippen molar-refractivity contribution in [1.82, 2.24) is 5.32 Å². The van der Waals surface area contributed by atoms with Crippen LogP contribution in [0.5, 0.6) is 0 Å². The van der Waals surface area contributed by atoms with Crippen molar-refractivity contribution in [3.05, 3.63) is 0 Å². The molecule has 1 N–H and O–H groups in total. The van der Waals surface area contributed by atoms with E-state index < -0.39 is 11.2 Å². The average molecular weight is 193 g/mol. The fourth-order valence-electron chi connectivity index (χ4n) is 0.732. The Morgan fingerprint density at radius 2 is 2.08 bits per heavy atom. The molecule has 4 heteroatoms. The van der Waals surface area contributed by atoms with E-state index in [-0.39, 0.29) is 0 Å². The van der Waals surface area contributed by atoms with Crippen LogP contribution in [-0.2, 0) is 15.9 Å². The van der Waals surface area contributed by atoms with Crippen molar-refractivity contribution in [3.63, 3.8) is 0 Å². The van der Waals surface area contributed by atoms with Crippen LogP contribution in [0.15, 0.2) is 0 Å². The molecule has 0 amide bonds. The Kier molecular flexibility index (Phi) is 9.50. The summed E-state index contributed by atoms with van der Waals surface area (Å²) in [4.78, 5) is 0. The highest BCUT2D eigenvalue weighted by Crippen LogP contribution is 1.80. The molecule has 1 unspecified atom stereocenters. The van der Waals surface area contributed by atoms with Gasteiger partial charge in [-0.1, -0.05) is 18.1 Å². The molecular formula is C8H19NO2S. The molecule has 0 saturated carbocycles. The molecule has 0 spiro atoms.